The van der Waals surface area contributed by atoms with Gasteiger partial charge in [0.25, 0.3) is 5.91 Å². The summed E-state index contributed by atoms with van der Waals surface area (Å²) in [7, 11) is 0. The number of aliphatic hydroxyl groups excluding tert-OH is 1. The first-order valence-electron chi connectivity index (χ1n) is 10.1. The fourth-order valence-electron chi connectivity index (χ4n) is 4.10. The van der Waals surface area contributed by atoms with Crippen molar-refractivity contribution in [3.8, 4) is 5.82 Å². The number of carbonyl (C=O) groups excluding carboxylic acids is 1. The standard InChI is InChI=1S/C22H22N6O2/c29-17-7-5-16(6-8-17)28-19-4-2-1-3-18(19)25-22(28)26-21(30)15-9-10-24-20(13-15)27-12-11-23-14-27/h1-4,9-14,16-17,29H,5-8H2,(H,25,26,30)/t16-,17+. The van der Waals surface area contributed by atoms with Crippen LogP contribution in [0.4, 0.5) is 0 Å². The Labute approximate surface area is 172 Å². The Balaban J connectivity index is 1.57. The van der Waals surface area contributed by atoms with Gasteiger partial charge in [-0.3, -0.25) is 9.36 Å². The molecule has 4 aromatic rings. The van der Waals surface area contributed by atoms with Crippen LogP contribution in [0.15, 0.2) is 66.3 Å². The van der Waals surface area contributed by atoms with E-state index in [4.69, 9.17) is 0 Å². The monoisotopic (exact) mass is 402 g/mol. The van der Waals surface area contributed by atoms with Crippen molar-refractivity contribution in [2.24, 2.45) is 4.99 Å². The zero-order valence-corrected chi connectivity index (χ0v) is 16.3. The lowest BCUT2D eigenvalue weighted by molar-refractivity contribution is 0.0990. The molecule has 152 valence electrons. The van der Waals surface area contributed by atoms with E-state index in [-0.39, 0.29) is 18.1 Å². The zero-order valence-electron chi connectivity index (χ0n) is 16.3. The lowest BCUT2D eigenvalue weighted by Gasteiger charge is -2.27. The zero-order chi connectivity index (χ0) is 20.5. The van der Waals surface area contributed by atoms with E-state index in [1.165, 1.54) is 0 Å². The van der Waals surface area contributed by atoms with Gasteiger partial charge in [0.05, 0.1) is 17.1 Å². The minimum absolute atomic E-state index is 0.190. The van der Waals surface area contributed by atoms with Gasteiger partial charge in [0, 0.05) is 30.2 Å². The number of amides is 1. The van der Waals surface area contributed by atoms with E-state index in [1.807, 2.05) is 24.3 Å². The Bertz CT molecular complexity index is 1250. The molecule has 0 unspecified atom stereocenters. The Kier molecular flexibility index (Phi) is 4.76. The summed E-state index contributed by atoms with van der Waals surface area (Å²) in [4.78, 5) is 29.1. The second kappa shape index (κ2) is 7.72. The number of imidazole rings is 2. The van der Waals surface area contributed by atoms with E-state index in [2.05, 4.69) is 24.5 Å². The van der Waals surface area contributed by atoms with Gasteiger partial charge in [0.2, 0.25) is 5.62 Å². The molecule has 0 spiro atoms. The SMILES string of the molecule is O=C(/N=c1\[nH]c2ccccc2n1[C@H]1CC[C@@H](O)CC1)c1ccnc(-n2ccnc2)c1. The van der Waals surface area contributed by atoms with Crippen molar-refractivity contribution < 1.29 is 9.90 Å². The Morgan fingerprint density at radius 2 is 1.97 bits per heavy atom. The molecule has 8 heteroatoms. The molecule has 3 aromatic heterocycles. The molecule has 5 rings (SSSR count). The second-order valence-corrected chi connectivity index (χ2v) is 7.59. The Morgan fingerprint density at radius 1 is 1.13 bits per heavy atom. The molecule has 1 aliphatic rings. The molecule has 0 saturated heterocycles. The van der Waals surface area contributed by atoms with Crippen LogP contribution in [0.25, 0.3) is 16.9 Å². The van der Waals surface area contributed by atoms with Crippen LogP contribution in [0.2, 0.25) is 0 Å². The van der Waals surface area contributed by atoms with Gasteiger partial charge in [-0.15, -0.1) is 0 Å². The molecule has 0 radical (unpaired) electrons. The van der Waals surface area contributed by atoms with Gasteiger partial charge in [0.15, 0.2) is 0 Å². The number of fused-ring (bicyclic) bond motifs is 1. The van der Waals surface area contributed by atoms with Crippen molar-refractivity contribution in [3.05, 3.63) is 72.5 Å². The van der Waals surface area contributed by atoms with Crippen molar-refractivity contribution >= 4 is 16.9 Å². The van der Waals surface area contributed by atoms with Crippen LogP contribution >= 0.6 is 0 Å². The third-order valence-corrected chi connectivity index (χ3v) is 5.64. The predicted molar refractivity (Wildman–Crippen MR) is 111 cm³/mol. The number of nitrogens with zero attached hydrogens (tertiary/aromatic N) is 5. The summed E-state index contributed by atoms with van der Waals surface area (Å²) in [5, 5.41) is 9.90. The van der Waals surface area contributed by atoms with Crippen LogP contribution in [0.3, 0.4) is 0 Å². The molecule has 1 aromatic carbocycles. The van der Waals surface area contributed by atoms with E-state index in [1.54, 1.807) is 41.6 Å². The van der Waals surface area contributed by atoms with Crippen LogP contribution in [-0.2, 0) is 0 Å². The minimum Gasteiger partial charge on any atom is -0.393 e. The fourth-order valence-corrected chi connectivity index (χ4v) is 4.10. The highest BCUT2D eigenvalue weighted by Gasteiger charge is 2.23. The summed E-state index contributed by atoms with van der Waals surface area (Å²) in [6.07, 6.45) is 9.64. The normalized spacial score (nSPS) is 20.0. The lowest BCUT2D eigenvalue weighted by Crippen LogP contribution is -2.29. The van der Waals surface area contributed by atoms with Gasteiger partial charge in [-0.2, -0.15) is 4.99 Å². The maximum absolute atomic E-state index is 13.0. The topological polar surface area (TPSA) is 101 Å². The maximum Gasteiger partial charge on any atom is 0.280 e. The molecule has 2 N–H and O–H groups in total. The number of para-hydroxylation sites is 2. The van der Waals surface area contributed by atoms with Gasteiger partial charge in [-0.05, 0) is 49.9 Å². The van der Waals surface area contributed by atoms with Crippen molar-refractivity contribution in [3.63, 3.8) is 0 Å². The molecular weight excluding hydrogens is 380 g/mol. The summed E-state index contributed by atoms with van der Waals surface area (Å²) < 4.78 is 3.85. The Hall–Kier alpha value is -3.52. The molecule has 3 heterocycles. The van der Waals surface area contributed by atoms with Gasteiger partial charge in [-0.25, -0.2) is 9.97 Å². The molecule has 30 heavy (non-hydrogen) atoms. The van der Waals surface area contributed by atoms with Crippen LogP contribution in [0, 0.1) is 0 Å². The Morgan fingerprint density at radius 3 is 2.77 bits per heavy atom. The first-order chi connectivity index (χ1) is 14.7. The summed E-state index contributed by atoms with van der Waals surface area (Å²) in [5.74, 6) is 0.272. The highest BCUT2D eigenvalue weighted by molar-refractivity contribution is 5.95. The highest BCUT2D eigenvalue weighted by Crippen LogP contribution is 2.29. The largest absolute Gasteiger partial charge is 0.393 e. The smallest absolute Gasteiger partial charge is 0.280 e. The number of hydrogen-bond donors (Lipinski definition) is 2. The minimum atomic E-state index is -0.338. The number of hydrogen-bond acceptors (Lipinski definition) is 4. The first kappa shape index (κ1) is 18.5. The van der Waals surface area contributed by atoms with Crippen molar-refractivity contribution in [2.45, 2.75) is 37.8 Å². The number of rotatable bonds is 3. The number of aromatic nitrogens is 5. The fraction of sp³-hybridized carbons (Fsp3) is 0.273. The number of pyridine rings is 1. The summed E-state index contributed by atoms with van der Waals surface area (Å²) in [6, 6.07) is 11.5. The first-order valence-corrected chi connectivity index (χ1v) is 10.1. The van der Waals surface area contributed by atoms with Gasteiger partial charge in [0.1, 0.15) is 12.1 Å². The molecule has 0 bridgehead atoms. The molecular formula is C22H22N6O2. The van der Waals surface area contributed by atoms with E-state index < -0.39 is 0 Å². The van der Waals surface area contributed by atoms with E-state index >= 15 is 0 Å². The van der Waals surface area contributed by atoms with E-state index in [0.717, 1.165) is 36.7 Å². The number of carbonyl (C=O) groups is 1. The van der Waals surface area contributed by atoms with Gasteiger partial charge < -0.3 is 14.7 Å². The van der Waals surface area contributed by atoms with Gasteiger partial charge in [-0.1, -0.05) is 12.1 Å². The van der Waals surface area contributed by atoms with Crippen molar-refractivity contribution in [1.29, 1.82) is 0 Å². The predicted octanol–water partition coefficient (Wildman–Crippen LogP) is 2.77. The summed E-state index contributed by atoms with van der Waals surface area (Å²) in [6.45, 7) is 0. The molecule has 0 aliphatic heterocycles. The van der Waals surface area contributed by atoms with E-state index in [9.17, 15) is 9.90 Å². The summed E-state index contributed by atoms with van der Waals surface area (Å²) >= 11 is 0. The van der Waals surface area contributed by atoms with Crippen LogP contribution in [0.5, 0.6) is 0 Å². The number of aliphatic hydroxyl groups is 1. The van der Waals surface area contributed by atoms with Crippen LogP contribution in [-0.4, -0.2) is 41.2 Å². The maximum atomic E-state index is 13.0. The molecule has 0 atom stereocenters. The second-order valence-electron chi connectivity index (χ2n) is 7.59. The lowest BCUT2D eigenvalue weighted by atomic mass is 9.93. The number of nitrogens with one attached hydrogen (secondary N) is 1. The third kappa shape index (κ3) is 3.46. The highest BCUT2D eigenvalue weighted by atomic mass is 16.3. The van der Waals surface area contributed by atoms with E-state index in [0.29, 0.717) is 17.0 Å². The number of aromatic amines is 1. The third-order valence-electron chi connectivity index (χ3n) is 5.64. The molecule has 1 saturated carbocycles. The van der Waals surface area contributed by atoms with Gasteiger partial charge >= 0.3 is 0 Å². The molecule has 1 fully saturated rings. The number of benzene rings is 1. The number of H-pyrrole nitrogens is 1. The average Bonchev–Trinajstić information content (AvgIpc) is 3.43. The van der Waals surface area contributed by atoms with Crippen molar-refractivity contribution in [1.82, 2.24) is 24.1 Å². The quantitative estimate of drug-likeness (QED) is 0.550. The molecule has 1 amide bonds. The van der Waals surface area contributed by atoms with Crippen LogP contribution in [0.1, 0.15) is 42.1 Å². The average molecular weight is 402 g/mol. The van der Waals surface area contributed by atoms with Crippen LogP contribution < -0.4 is 5.62 Å². The summed E-state index contributed by atoms with van der Waals surface area (Å²) in [5.41, 5.74) is 2.94. The van der Waals surface area contributed by atoms with Crippen molar-refractivity contribution in [2.75, 3.05) is 0 Å². The molecule has 8 nitrogen and oxygen atoms in total. The molecule has 1 aliphatic carbocycles.